The van der Waals surface area contributed by atoms with Gasteiger partial charge in [0.05, 0.1) is 5.69 Å². The van der Waals surface area contributed by atoms with Crippen LogP contribution in [0.4, 0.5) is 5.82 Å². The zero-order valence-corrected chi connectivity index (χ0v) is 12.3. The number of carboxylic acid groups (broad SMARTS) is 1. The average molecular weight is 265 g/mol. The molecule has 5 nitrogen and oxygen atoms in total. The maximum atomic E-state index is 10.7. The molecule has 0 saturated heterocycles. The van der Waals surface area contributed by atoms with E-state index in [1.165, 1.54) is 0 Å². The van der Waals surface area contributed by atoms with Crippen LogP contribution < -0.4 is 4.90 Å². The Bertz CT molecular complexity index is 475. The third-order valence-electron chi connectivity index (χ3n) is 2.90. The monoisotopic (exact) mass is 265 g/mol. The number of hydrogen-bond acceptors (Lipinski definition) is 3. The molecule has 0 aliphatic carbocycles. The number of rotatable bonds is 6. The van der Waals surface area contributed by atoms with Gasteiger partial charge in [0.2, 0.25) is 0 Å². The number of nitrogens with zero attached hydrogens (tertiary/aromatic N) is 3. The molecular weight excluding hydrogens is 242 g/mol. The summed E-state index contributed by atoms with van der Waals surface area (Å²) >= 11 is 0. The Morgan fingerprint density at radius 1 is 1.53 bits per heavy atom. The molecule has 106 valence electrons. The van der Waals surface area contributed by atoms with Gasteiger partial charge in [-0.3, -0.25) is 4.68 Å². The van der Waals surface area contributed by atoms with Gasteiger partial charge in [-0.05, 0) is 25.8 Å². The van der Waals surface area contributed by atoms with Crippen molar-refractivity contribution in [1.82, 2.24) is 9.78 Å². The predicted molar refractivity (Wildman–Crippen MR) is 77.3 cm³/mol. The molecule has 0 aliphatic rings. The molecule has 0 atom stereocenters. The molecule has 0 unspecified atom stereocenters. The minimum absolute atomic E-state index is 0.534. The second-order valence-electron chi connectivity index (χ2n) is 5.05. The summed E-state index contributed by atoms with van der Waals surface area (Å²) in [4.78, 5) is 12.9. The van der Waals surface area contributed by atoms with Crippen molar-refractivity contribution in [2.24, 2.45) is 13.0 Å². The molecule has 0 spiro atoms. The normalized spacial score (nSPS) is 11.5. The van der Waals surface area contributed by atoms with E-state index < -0.39 is 5.97 Å². The number of carboxylic acids is 1. The molecule has 0 radical (unpaired) electrons. The van der Waals surface area contributed by atoms with Crippen LogP contribution in [0.5, 0.6) is 0 Å². The molecule has 5 heteroatoms. The predicted octanol–water partition coefficient (Wildman–Crippen LogP) is 2.31. The van der Waals surface area contributed by atoms with Gasteiger partial charge in [0.1, 0.15) is 5.82 Å². The minimum Gasteiger partial charge on any atom is -0.478 e. The fourth-order valence-corrected chi connectivity index (χ4v) is 2.19. The molecule has 0 saturated carbocycles. The quantitative estimate of drug-likeness (QED) is 0.802. The van der Waals surface area contributed by atoms with E-state index >= 15 is 0 Å². The minimum atomic E-state index is -0.943. The fraction of sp³-hybridized carbons (Fsp3) is 0.571. The first-order chi connectivity index (χ1) is 8.86. The molecular formula is C14H23N3O2. The second kappa shape index (κ2) is 6.41. The topological polar surface area (TPSA) is 58.4 Å². The summed E-state index contributed by atoms with van der Waals surface area (Å²) in [5, 5.41) is 13.2. The third kappa shape index (κ3) is 3.84. The van der Waals surface area contributed by atoms with Gasteiger partial charge in [0.15, 0.2) is 0 Å². The van der Waals surface area contributed by atoms with Gasteiger partial charge in [-0.25, -0.2) is 4.79 Å². The third-order valence-corrected chi connectivity index (χ3v) is 2.90. The maximum Gasteiger partial charge on any atom is 0.328 e. The average Bonchev–Trinajstić information content (AvgIpc) is 2.58. The molecule has 1 N–H and O–H groups in total. The van der Waals surface area contributed by atoms with E-state index in [0.717, 1.165) is 36.2 Å². The zero-order chi connectivity index (χ0) is 14.6. The van der Waals surface area contributed by atoms with Crippen LogP contribution in [0, 0.1) is 12.8 Å². The smallest absolute Gasteiger partial charge is 0.328 e. The number of hydrogen-bond donors (Lipinski definition) is 1. The van der Waals surface area contributed by atoms with E-state index in [0.29, 0.717) is 5.92 Å². The Balaban J connectivity index is 3.20. The van der Waals surface area contributed by atoms with Crippen molar-refractivity contribution in [1.29, 1.82) is 0 Å². The summed E-state index contributed by atoms with van der Waals surface area (Å²) in [7, 11) is 1.89. The Morgan fingerprint density at radius 2 is 2.16 bits per heavy atom. The van der Waals surface area contributed by atoms with Gasteiger partial charge in [0, 0.05) is 31.8 Å². The molecule has 19 heavy (non-hydrogen) atoms. The van der Waals surface area contributed by atoms with Crippen LogP contribution >= 0.6 is 0 Å². The molecule has 0 aliphatic heterocycles. The molecule has 0 bridgehead atoms. The number of aliphatic carboxylic acids is 1. The van der Waals surface area contributed by atoms with Gasteiger partial charge in [-0.2, -0.15) is 5.10 Å². The van der Waals surface area contributed by atoms with Gasteiger partial charge >= 0.3 is 5.97 Å². The summed E-state index contributed by atoms with van der Waals surface area (Å²) in [6.45, 7) is 10.1. The lowest BCUT2D eigenvalue weighted by Crippen LogP contribution is -2.29. The van der Waals surface area contributed by atoms with E-state index in [9.17, 15) is 4.79 Å². The van der Waals surface area contributed by atoms with E-state index in [1.807, 2.05) is 18.7 Å². The Labute approximate surface area is 114 Å². The van der Waals surface area contributed by atoms with Crippen molar-refractivity contribution >= 4 is 17.9 Å². The number of aryl methyl sites for hydroxylation is 2. The highest BCUT2D eigenvalue weighted by Gasteiger charge is 2.17. The van der Waals surface area contributed by atoms with Gasteiger partial charge in [-0.1, -0.05) is 13.8 Å². The summed E-state index contributed by atoms with van der Waals surface area (Å²) in [6, 6.07) is 0. The van der Waals surface area contributed by atoms with E-state index in [-0.39, 0.29) is 0 Å². The molecule has 0 fully saturated rings. The van der Waals surface area contributed by atoms with Crippen LogP contribution in [0.1, 0.15) is 32.0 Å². The lowest BCUT2D eigenvalue weighted by Gasteiger charge is -2.25. The van der Waals surface area contributed by atoms with Crippen LogP contribution in [0.3, 0.4) is 0 Å². The lowest BCUT2D eigenvalue weighted by atomic mass is 10.1. The Kier molecular flexibility index (Phi) is 5.15. The summed E-state index contributed by atoms with van der Waals surface area (Å²) in [5.74, 6) is 0.568. The summed E-state index contributed by atoms with van der Waals surface area (Å²) < 4.78 is 1.82. The van der Waals surface area contributed by atoms with Crippen LogP contribution in [0.15, 0.2) is 6.08 Å². The highest BCUT2D eigenvalue weighted by atomic mass is 16.4. The highest BCUT2D eigenvalue weighted by Crippen LogP contribution is 2.25. The van der Waals surface area contributed by atoms with Gasteiger partial charge < -0.3 is 10.0 Å². The van der Waals surface area contributed by atoms with Crippen LogP contribution in [-0.4, -0.2) is 33.9 Å². The standard InChI is InChI=1S/C14H23N3O2/c1-6-17(9-10(2)3)14-12(7-8-13(18)19)11(4)15-16(14)5/h7-8,10H,6,9H2,1-5H3,(H,18,19)/b8-7+. The summed E-state index contributed by atoms with van der Waals surface area (Å²) in [5.41, 5.74) is 1.73. The Morgan fingerprint density at radius 3 is 2.63 bits per heavy atom. The number of aromatic nitrogens is 2. The van der Waals surface area contributed by atoms with Crippen molar-refractivity contribution in [2.45, 2.75) is 27.7 Å². The molecule has 0 amide bonds. The zero-order valence-electron chi connectivity index (χ0n) is 12.3. The maximum absolute atomic E-state index is 10.7. The fourth-order valence-electron chi connectivity index (χ4n) is 2.19. The molecule has 0 aromatic carbocycles. The molecule has 1 rings (SSSR count). The largest absolute Gasteiger partial charge is 0.478 e. The number of anilines is 1. The van der Waals surface area contributed by atoms with Crippen molar-refractivity contribution in [3.63, 3.8) is 0 Å². The lowest BCUT2D eigenvalue weighted by molar-refractivity contribution is -0.131. The molecule has 1 aromatic rings. The van der Waals surface area contributed by atoms with Crippen LogP contribution in [0.2, 0.25) is 0 Å². The van der Waals surface area contributed by atoms with E-state index in [4.69, 9.17) is 5.11 Å². The Hall–Kier alpha value is -1.78. The van der Waals surface area contributed by atoms with Crippen molar-refractivity contribution in [2.75, 3.05) is 18.0 Å². The SMILES string of the molecule is CCN(CC(C)C)c1c(/C=C/C(=O)O)c(C)nn1C. The summed E-state index contributed by atoms with van der Waals surface area (Å²) in [6.07, 6.45) is 2.79. The van der Waals surface area contributed by atoms with E-state index in [2.05, 4.69) is 30.8 Å². The highest BCUT2D eigenvalue weighted by molar-refractivity contribution is 5.87. The van der Waals surface area contributed by atoms with Gasteiger partial charge in [0.25, 0.3) is 0 Å². The molecule has 1 aromatic heterocycles. The first kappa shape index (κ1) is 15.3. The van der Waals surface area contributed by atoms with Crippen molar-refractivity contribution < 1.29 is 9.90 Å². The van der Waals surface area contributed by atoms with Crippen LogP contribution in [-0.2, 0) is 11.8 Å². The van der Waals surface area contributed by atoms with Crippen molar-refractivity contribution in [3.05, 3.63) is 17.3 Å². The van der Waals surface area contributed by atoms with Gasteiger partial charge in [-0.15, -0.1) is 0 Å². The van der Waals surface area contributed by atoms with Crippen molar-refractivity contribution in [3.8, 4) is 0 Å². The van der Waals surface area contributed by atoms with Crippen LogP contribution in [0.25, 0.3) is 6.08 Å². The molecule has 1 heterocycles. The first-order valence-electron chi connectivity index (χ1n) is 6.56. The number of carbonyl (C=O) groups is 1. The first-order valence-corrected chi connectivity index (χ1v) is 6.56. The van der Waals surface area contributed by atoms with E-state index in [1.54, 1.807) is 6.08 Å². The second-order valence-corrected chi connectivity index (χ2v) is 5.05.